The van der Waals surface area contributed by atoms with E-state index in [1.165, 1.54) is 134 Å². The summed E-state index contributed by atoms with van der Waals surface area (Å²) in [7, 11) is -5.72. The van der Waals surface area contributed by atoms with Crippen molar-refractivity contribution in [2.24, 2.45) is 0 Å². The molecule has 2 aliphatic heterocycles. The number of carbonyl (C=O) groups excluding carboxylic acids is 3. The number of carbonyl (C=O) groups is 3. The second-order valence-electron chi connectivity index (χ2n) is 26.0. The van der Waals surface area contributed by atoms with Gasteiger partial charge in [-0.15, -0.1) is 0 Å². The highest BCUT2D eigenvalue weighted by atomic mass is 31.2. The lowest BCUT2D eigenvalue weighted by atomic mass is 9.84. The topological polar surface area (TPSA) is 374 Å². The van der Waals surface area contributed by atoms with Crippen LogP contribution < -0.4 is 0 Å². The Balaban J connectivity index is 1.78. The van der Waals surface area contributed by atoms with Gasteiger partial charge in [0.25, 0.3) is 0 Å². The average molecular weight is 1370 g/mol. The van der Waals surface area contributed by atoms with Crippen molar-refractivity contribution in [3.8, 4) is 0 Å². The Morgan fingerprint density at radius 2 is 0.809 bits per heavy atom. The molecule has 2 heterocycles. The molecule has 11 N–H and O–H groups in total. The number of hydrogen-bond acceptors (Lipinski definition) is 23. The molecular weight excluding hydrogens is 1240 g/mol. The Morgan fingerprint density at radius 3 is 1.23 bits per heavy atom. The molecule has 0 aromatic rings. The highest BCUT2D eigenvalue weighted by molar-refractivity contribution is 7.47. The molecular formula is C69H125O24P. The molecule has 3 fully saturated rings. The van der Waals surface area contributed by atoms with E-state index in [1.807, 2.05) is 6.08 Å². The van der Waals surface area contributed by atoms with E-state index in [0.717, 1.165) is 96.0 Å². The molecule has 1 saturated carbocycles. The summed E-state index contributed by atoms with van der Waals surface area (Å²) in [5, 5.41) is 110. The van der Waals surface area contributed by atoms with Crippen molar-refractivity contribution in [2.45, 2.75) is 369 Å². The monoisotopic (exact) mass is 1370 g/mol. The van der Waals surface area contributed by atoms with E-state index in [2.05, 4.69) is 20.8 Å². The summed E-state index contributed by atoms with van der Waals surface area (Å²) in [4.78, 5) is 50.7. The minimum Gasteiger partial charge on any atom is -0.463 e. The molecule has 3 aliphatic rings. The van der Waals surface area contributed by atoms with Crippen molar-refractivity contribution in [3.05, 3.63) is 24.3 Å². The lowest BCUT2D eigenvalue weighted by molar-refractivity contribution is -0.360. The quantitative estimate of drug-likeness (QED) is 0.00675. The predicted molar refractivity (Wildman–Crippen MR) is 351 cm³/mol. The fraction of sp³-hybridized carbons (Fsp3) is 0.899. The summed E-state index contributed by atoms with van der Waals surface area (Å²) in [6, 6.07) is 0. The van der Waals surface area contributed by atoms with Gasteiger partial charge in [-0.2, -0.15) is 0 Å². The second-order valence-corrected chi connectivity index (χ2v) is 27.4. The zero-order chi connectivity index (χ0) is 68.9. The fourth-order valence-electron chi connectivity index (χ4n) is 11.9. The van der Waals surface area contributed by atoms with E-state index < -0.39 is 156 Å². The first kappa shape index (κ1) is 85.7. The highest BCUT2D eigenvalue weighted by Crippen LogP contribution is 2.49. The maximum Gasteiger partial charge on any atom is 0.472 e. The Kier molecular flexibility index (Phi) is 47.0. The molecule has 0 aromatic carbocycles. The number of phosphoric acid groups is 1. The first-order valence-electron chi connectivity index (χ1n) is 36.2. The van der Waals surface area contributed by atoms with Gasteiger partial charge in [-0.05, 0) is 25.7 Å². The summed E-state index contributed by atoms with van der Waals surface area (Å²) in [5.41, 5.74) is 0. The number of hydrogen-bond donors (Lipinski definition) is 11. The Hall–Kier alpha value is -2.56. The van der Waals surface area contributed by atoms with Crippen LogP contribution in [-0.4, -0.2) is 204 Å². The molecule has 94 heavy (non-hydrogen) atoms. The van der Waals surface area contributed by atoms with Crippen LogP contribution in [0.5, 0.6) is 0 Å². The van der Waals surface area contributed by atoms with Crippen LogP contribution in [0.1, 0.15) is 265 Å². The molecule has 1 aliphatic carbocycles. The largest absolute Gasteiger partial charge is 0.472 e. The Morgan fingerprint density at radius 1 is 0.436 bits per heavy atom. The highest BCUT2D eigenvalue weighted by Gasteiger charge is 2.58. The number of allylic oxidation sites excluding steroid dienone is 3. The van der Waals surface area contributed by atoms with Gasteiger partial charge in [-0.3, -0.25) is 18.6 Å². The molecule has 24 nitrogen and oxygen atoms in total. The fourth-order valence-corrected chi connectivity index (χ4v) is 12.9. The molecule has 18 atom stereocenters. The summed E-state index contributed by atoms with van der Waals surface area (Å²) in [6.45, 7) is 3.31. The van der Waals surface area contributed by atoms with Gasteiger partial charge in [0.15, 0.2) is 18.7 Å². The number of aliphatic hydroxyl groups is 10. The number of phosphoric ester groups is 1. The lowest BCUT2D eigenvalue weighted by Gasteiger charge is -2.49. The van der Waals surface area contributed by atoms with Crippen LogP contribution >= 0.6 is 7.82 Å². The second kappa shape index (κ2) is 51.6. The van der Waals surface area contributed by atoms with Gasteiger partial charge in [-0.25, -0.2) is 9.36 Å². The number of ether oxygens (including phenoxy) is 7. The van der Waals surface area contributed by atoms with Gasteiger partial charge in [0.05, 0.1) is 13.2 Å². The summed E-state index contributed by atoms with van der Waals surface area (Å²) >= 11 is 0. The summed E-state index contributed by atoms with van der Waals surface area (Å²) in [6.07, 6.45) is 10.5. The van der Waals surface area contributed by atoms with Crippen molar-refractivity contribution >= 4 is 25.7 Å². The van der Waals surface area contributed by atoms with Gasteiger partial charge >= 0.3 is 25.7 Å². The molecule has 0 spiro atoms. The molecule has 0 radical (unpaired) electrons. The molecule has 0 bridgehead atoms. The first-order chi connectivity index (χ1) is 45.3. The van der Waals surface area contributed by atoms with E-state index in [0.29, 0.717) is 12.8 Å². The molecule has 18 unspecified atom stereocenters. The molecule has 0 aromatic heterocycles. The third kappa shape index (κ3) is 35.0. The maximum atomic E-state index is 14.3. The summed E-state index contributed by atoms with van der Waals surface area (Å²) in [5.74, 6) is -2.24. The van der Waals surface area contributed by atoms with Crippen molar-refractivity contribution in [3.63, 3.8) is 0 Å². The Bertz CT molecular complexity index is 2050. The van der Waals surface area contributed by atoms with Gasteiger partial charge in [0, 0.05) is 18.9 Å². The van der Waals surface area contributed by atoms with Crippen LogP contribution in [0.4, 0.5) is 0 Å². The van der Waals surface area contributed by atoms with Crippen molar-refractivity contribution < 1.29 is 117 Å². The third-order valence-electron chi connectivity index (χ3n) is 17.8. The van der Waals surface area contributed by atoms with Crippen molar-refractivity contribution in [1.29, 1.82) is 0 Å². The zero-order valence-electron chi connectivity index (χ0n) is 57.0. The van der Waals surface area contributed by atoms with E-state index in [1.54, 1.807) is 6.08 Å². The molecule has 3 rings (SSSR count). The lowest BCUT2D eigenvalue weighted by Crippen LogP contribution is -2.69. The van der Waals surface area contributed by atoms with Crippen molar-refractivity contribution in [2.75, 3.05) is 26.4 Å². The van der Waals surface area contributed by atoms with Crippen LogP contribution in [-0.2, 0) is 61.2 Å². The zero-order valence-corrected chi connectivity index (χ0v) is 57.9. The van der Waals surface area contributed by atoms with Crippen molar-refractivity contribution in [1.82, 2.24) is 0 Å². The van der Waals surface area contributed by atoms with E-state index >= 15 is 0 Å². The number of esters is 3. The maximum absolute atomic E-state index is 14.3. The number of aliphatic hydroxyl groups excluding tert-OH is 10. The average Bonchev–Trinajstić information content (AvgIpc) is 0.766. The standard InChI is InChI=1S/C69H125O24P/c1-4-7-10-13-16-19-22-25-26-27-30-33-36-39-42-45-55(73)88-50(47-85-53(71)43-40-37-34-31-28-23-20-17-14-11-8-5-2)48-87-94(83,84)93-67-65(91-68-63(81)58(76)56(74)51(46-70)89-68)61(79)60(78)62(80)66(67)92-69-64(82)59(77)57(75)52(90-69)49-86-54(72)44-41-38-35-32-29-24-21-18-15-12-9-6-3/h36,39,42,45,50-52,56-70,74-82H,4-35,37-38,40-41,43-44,46-49H2,1-3H3,(H,83,84)/b39-36+,45-42+. The van der Waals surface area contributed by atoms with Gasteiger partial charge < -0.3 is 89.1 Å². The van der Waals surface area contributed by atoms with Gasteiger partial charge in [-0.1, -0.05) is 244 Å². The SMILES string of the molecule is CCCCCCCCCCCCC/C=C/C=C/C(=O)OC(COC(=O)CCCCCCCCCCCCCC)COP(=O)(O)OC1C(OC2OC(CO)C(O)C(O)C2O)C(O)C(O)C(O)C1OC1OC(COC(=O)CCCCCCCCCCCCCC)C(O)C(O)C1O. The van der Waals surface area contributed by atoms with Crippen LogP contribution in [0.15, 0.2) is 24.3 Å². The minimum atomic E-state index is -5.72. The number of rotatable bonds is 55. The van der Waals surface area contributed by atoms with Crippen LogP contribution in [0.2, 0.25) is 0 Å². The third-order valence-corrected chi connectivity index (χ3v) is 18.8. The van der Waals surface area contributed by atoms with Crippen LogP contribution in [0, 0.1) is 0 Å². The Labute approximate surface area is 560 Å². The molecule has 2 saturated heterocycles. The van der Waals surface area contributed by atoms with Crippen LogP contribution in [0.25, 0.3) is 0 Å². The van der Waals surface area contributed by atoms with Crippen LogP contribution in [0.3, 0.4) is 0 Å². The van der Waals surface area contributed by atoms with E-state index in [4.69, 9.17) is 42.2 Å². The van der Waals surface area contributed by atoms with Gasteiger partial charge in [0.1, 0.15) is 98.7 Å². The molecule has 0 amide bonds. The number of unbranched alkanes of at least 4 members (excludes halogenated alkanes) is 33. The van der Waals surface area contributed by atoms with E-state index in [-0.39, 0.29) is 12.8 Å². The summed E-state index contributed by atoms with van der Waals surface area (Å²) < 4.78 is 64.6. The predicted octanol–water partition coefficient (Wildman–Crippen LogP) is 8.96. The molecule has 550 valence electrons. The molecule has 25 heteroatoms. The minimum absolute atomic E-state index is 0.0278. The normalized spacial score (nSPS) is 28.4. The smallest absolute Gasteiger partial charge is 0.463 e. The van der Waals surface area contributed by atoms with E-state index in [9.17, 15) is 74.9 Å². The first-order valence-corrected chi connectivity index (χ1v) is 37.7. The van der Waals surface area contributed by atoms with Gasteiger partial charge in [0.2, 0.25) is 0 Å².